The van der Waals surface area contributed by atoms with Crippen LogP contribution >= 0.6 is 0 Å². The lowest BCUT2D eigenvalue weighted by atomic mass is 9.82. The maximum Gasteiger partial charge on any atom is 0.303 e. The van der Waals surface area contributed by atoms with Gasteiger partial charge in [0.15, 0.2) is 13.1 Å². The van der Waals surface area contributed by atoms with Gasteiger partial charge in [0.05, 0.1) is 90.2 Å². The van der Waals surface area contributed by atoms with Crippen molar-refractivity contribution in [1.29, 1.82) is 0 Å². The van der Waals surface area contributed by atoms with Gasteiger partial charge in [-0.05, 0) is 71.9 Å². The molecule has 2 heterocycles. The van der Waals surface area contributed by atoms with E-state index in [4.69, 9.17) is 47.4 Å². The first-order chi connectivity index (χ1) is 32.1. The van der Waals surface area contributed by atoms with E-state index in [0.717, 1.165) is 52.0 Å². The number of hydrogen-bond acceptors (Lipinski definition) is 13. The fraction of sp³-hybridized carbons (Fsp3) is 0.600. The molecular weight excluding hydrogens is 885 g/mol. The summed E-state index contributed by atoms with van der Waals surface area (Å²) in [5.74, 6) is 0.553. The van der Waals surface area contributed by atoms with Crippen LogP contribution in [0.2, 0.25) is 0 Å². The topological polar surface area (TPSA) is 185 Å². The lowest BCUT2D eigenvalue weighted by molar-refractivity contribution is -0.137. The van der Waals surface area contributed by atoms with Crippen molar-refractivity contribution in [3.8, 4) is 11.3 Å². The quantitative estimate of drug-likeness (QED) is 0.0386. The number of carbonyl (C=O) groups is 1. The first kappa shape index (κ1) is 55.6. The Balaban J connectivity index is 1.59. The number of methoxy groups -OCH3 is 2. The number of benzene rings is 2. The Morgan fingerprint density at radius 3 is 1.82 bits per heavy atom. The van der Waals surface area contributed by atoms with Crippen molar-refractivity contribution in [1.82, 2.24) is 4.58 Å². The molecule has 0 amide bonds. The summed E-state index contributed by atoms with van der Waals surface area (Å²) in [5, 5.41) is 10.1. The highest BCUT2D eigenvalue weighted by atomic mass is 32.2. The van der Waals surface area contributed by atoms with E-state index in [1.54, 1.807) is 20.3 Å². The Hall–Kier alpha value is -4.01. The van der Waals surface area contributed by atoms with Crippen LogP contribution in [-0.4, -0.2) is 150 Å². The first-order valence-corrected chi connectivity index (χ1v) is 24.6. The van der Waals surface area contributed by atoms with Crippen molar-refractivity contribution in [2.45, 2.75) is 76.0 Å². The molecule has 1 aliphatic carbocycles. The third-order valence-corrected chi connectivity index (χ3v) is 12.1. The molecule has 2 aliphatic heterocycles. The van der Waals surface area contributed by atoms with Gasteiger partial charge in [-0.25, -0.2) is 4.58 Å². The van der Waals surface area contributed by atoms with E-state index in [1.165, 1.54) is 12.1 Å². The molecule has 2 N–H and O–H groups in total. The summed E-state index contributed by atoms with van der Waals surface area (Å²) in [4.78, 5) is 13.1. The predicted molar refractivity (Wildman–Crippen MR) is 258 cm³/mol. The zero-order valence-electron chi connectivity index (χ0n) is 40.7. The molecule has 1 aromatic rings. The van der Waals surface area contributed by atoms with Crippen LogP contribution in [0.3, 0.4) is 0 Å². The van der Waals surface area contributed by atoms with Gasteiger partial charge >= 0.3 is 5.97 Å². The zero-order valence-corrected chi connectivity index (χ0v) is 41.5. The molecule has 0 aromatic heterocycles. The molecule has 17 heteroatoms. The summed E-state index contributed by atoms with van der Waals surface area (Å²) in [7, 11) is -1.14. The van der Waals surface area contributed by atoms with Crippen LogP contribution < -0.4 is 14.8 Å². The van der Waals surface area contributed by atoms with Crippen molar-refractivity contribution in [2.75, 3.05) is 131 Å². The molecule has 1 aromatic carbocycles. The second-order valence-corrected chi connectivity index (χ2v) is 19.1. The summed E-state index contributed by atoms with van der Waals surface area (Å²) in [6.07, 6.45) is 8.02. The number of carboxylic acid groups (broad SMARTS) is 1. The number of unbranched alkanes of at least 4 members (excludes halogenated alkanes) is 2. The van der Waals surface area contributed by atoms with E-state index in [-0.39, 0.29) is 16.7 Å². The smallest absolute Gasteiger partial charge is 0.303 e. The Morgan fingerprint density at radius 1 is 0.746 bits per heavy atom. The average Bonchev–Trinajstić information content (AvgIpc) is 3.49. The number of anilines is 1. The van der Waals surface area contributed by atoms with Gasteiger partial charge in [0.25, 0.3) is 10.1 Å². The van der Waals surface area contributed by atoms with Crippen LogP contribution in [0.4, 0.5) is 5.69 Å². The molecule has 16 nitrogen and oxygen atoms in total. The maximum absolute atomic E-state index is 12.2. The van der Waals surface area contributed by atoms with Crippen LogP contribution in [0, 0.1) is 0 Å². The number of allylic oxidation sites excluding steroid dienone is 3. The number of nitrogens with zero attached hydrogens (tertiary/aromatic N) is 2. The van der Waals surface area contributed by atoms with Gasteiger partial charge in [-0.2, -0.15) is 8.42 Å². The minimum Gasteiger partial charge on any atom is -0.481 e. The third kappa shape index (κ3) is 18.4. The van der Waals surface area contributed by atoms with Crippen LogP contribution in [0.15, 0.2) is 69.6 Å². The number of fused-ring (bicyclic) bond motifs is 2. The van der Waals surface area contributed by atoms with Crippen molar-refractivity contribution in [3.05, 3.63) is 82.6 Å². The Morgan fingerprint density at radius 2 is 1.30 bits per heavy atom. The average molecular weight is 960 g/mol. The molecule has 0 unspecified atom stereocenters. The highest BCUT2D eigenvalue weighted by Gasteiger charge is 2.40. The van der Waals surface area contributed by atoms with Gasteiger partial charge in [-0.1, -0.05) is 47.1 Å². The van der Waals surface area contributed by atoms with Gasteiger partial charge in [0.1, 0.15) is 24.7 Å². The monoisotopic (exact) mass is 959 g/mol. The number of aliphatic carboxylic acids is 1. The van der Waals surface area contributed by atoms with E-state index in [0.29, 0.717) is 124 Å². The van der Waals surface area contributed by atoms with Crippen molar-refractivity contribution < 1.29 is 65.2 Å². The standard InChI is InChI=1S/C50H74N2O14S/c1-49(2,3)43-37-40(12-11-13-47-50(4,5)44-38-41(67(55,56)57)16-18-45(44)52(47)19-10-8-9-14-48(53)54)66-46-36-39(15-17-42(43)46)51(20-22-60-28-30-64-34-32-62-26-24-58-6)21-23-61-29-31-65-35-33-63-27-25-59-7/h11-13,15-18,36-38H,8-10,14,19-35H2,1-7H3,(H-,53,54,55,56,57)/p+1. The van der Waals surface area contributed by atoms with E-state index >= 15 is 0 Å². The SMILES string of the molecule is COCCOCCOCCOCC[N+](CCOCCOCCOCCOC)=c1ccc2c(C(C)(C)C)cc(/C=C/C=C3/N(CCCCCC(=O)O)c4ccc(S(=O)(=O)O)cc4C3(C)C)oc-2c1. The summed E-state index contributed by atoms with van der Waals surface area (Å²) >= 11 is 0. The lowest BCUT2D eigenvalue weighted by Gasteiger charge is -2.27. The minimum atomic E-state index is -4.42. The van der Waals surface area contributed by atoms with Crippen LogP contribution in [-0.2, 0) is 63.6 Å². The molecule has 0 saturated carbocycles. The van der Waals surface area contributed by atoms with Crippen molar-refractivity contribution in [3.63, 3.8) is 0 Å². The Bertz CT molecular complexity index is 2150. The molecular formula is C50H75N2O14S+. The fourth-order valence-electron chi connectivity index (χ4n) is 7.69. The summed E-state index contributed by atoms with van der Waals surface area (Å²) < 4.78 is 87.3. The fourth-order valence-corrected chi connectivity index (χ4v) is 8.20. The Kier molecular flexibility index (Phi) is 23.6. The maximum atomic E-state index is 12.2. The van der Waals surface area contributed by atoms with Gasteiger partial charge in [0, 0.05) is 55.6 Å². The highest BCUT2D eigenvalue weighted by molar-refractivity contribution is 7.85. The molecule has 374 valence electrons. The molecule has 0 atom stereocenters. The molecule has 0 spiro atoms. The largest absolute Gasteiger partial charge is 0.481 e. The van der Waals surface area contributed by atoms with Gasteiger partial charge in [-0.15, -0.1) is 0 Å². The molecule has 67 heavy (non-hydrogen) atoms. The summed E-state index contributed by atoms with van der Waals surface area (Å²) in [5.41, 5.74) is 3.83. The van der Waals surface area contributed by atoms with Crippen molar-refractivity contribution >= 4 is 27.9 Å². The first-order valence-electron chi connectivity index (χ1n) is 23.2. The number of rotatable bonds is 33. The number of ether oxygens (including phenoxy) is 8. The molecule has 4 rings (SSSR count). The Labute approximate surface area is 397 Å². The van der Waals surface area contributed by atoms with E-state index < -0.39 is 21.5 Å². The van der Waals surface area contributed by atoms with Crippen LogP contribution in [0.25, 0.3) is 17.4 Å². The second kappa shape index (κ2) is 28.5. The van der Waals surface area contributed by atoms with Gasteiger partial charge in [-0.3, -0.25) is 9.35 Å². The molecule has 0 fully saturated rings. The van der Waals surface area contributed by atoms with E-state index in [1.807, 2.05) is 32.1 Å². The van der Waals surface area contributed by atoms with Crippen LogP contribution in [0.1, 0.15) is 77.2 Å². The van der Waals surface area contributed by atoms with Gasteiger partial charge < -0.3 is 52.3 Å². The van der Waals surface area contributed by atoms with E-state index in [9.17, 15) is 17.8 Å². The molecule has 3 aliphatic rings. The zero-order chi connectivity index (χ0) is 48.7. The number of hydrogen-bond donors (Lipinski definition) is 2. The lowest BCUT2D eigenvalue weighted by Crippen LogP contribution is -2.36. The molecule has 0 saturated heterocycles. The summed E-state index contributed by atoms with van der Waals surface area (Å²) in [6, 6.07) is 13.0. The normalized spacial score (nSPS) is 14.5. The third-order valence-electron chi connectivity index (χ3n) is 11.3. The summed E-state index contributed by atoms with van der Waals surface area (Å²) in [6.45, 7) is 19.2. The number of carboxylic acids is 1. The minimum absolute atomic E-state index is 0.103. The van der Waals surface area contributed by atoms with Crippen LogP contribution in [0.5, 0.6) is 0 Å². The van der Waals surface area contributed by atoms with Crippen molar-refractivity contribution in [2.24, 2.45) is 0 Å². The van der Waals surface area contributed by atoms with Gasteiger partial charge in [0.2, 0.25) is 5.36 Å². The second-order valence-electron chi connectivity index (χ2n) is 17.7. The highest BCUT2D eigenvalue weighted by Crippen LogP contribution is 2.48. The molecule has 0 bridgehead atoms. The molecule has 0 radical (unpaired) electrons. The predicted octanol–water partition coefficient (Wildman–Crippen LogP) is 6.43. The van der Waals surface area contributed by atoms with E-state index in [2.05, 4.69) is 54.5 Å².